The fraction of sp³-hybridized carbons (Fsp3) is 0.692. The lowest BCUT2D eigenvalue weighted by Crippen LogP contribution is -2.71. The standard InChI is InChI=1S/C39H53N3O10/c1-9-24-11-13-25(14-12-24)19-41(8)27-17-21(3)49-36(32(27)44)51-34-22(4)31(43)23(5)35(46)50-28(10-2)39(7)33(45)30-29(26-18-38(34,6)48-20-26)40-15-16-42(30)37(47)52-39/h1,11-14,21-23,26-28,30,32-34,36,44-45H,10,15-20H2,2-8H3. The highest BCUT2D eigenvalue weighted by Gasteiger charge is 2.61. The molecule has 1 aromatic rings. The van der Waals surface area contributed by atoms with Crippen LogP contribution in [0.5, 0.6) is 0 Å². The molecule has 0 aliphatic carbocycles. The van der Waals surface area contributed by atoms with Gasteiger partial charge >= 0.3 is 12.1 Å². The Morgan fingerprint density at radius 3 is 2.52 bits per heavy atom. The van der Waals surface area contributed by atoms with E-state index in [1.54, 1.807) is 20.8 Å². The Morgan fingerprint density at radius 1 is 1.13 bits per heavy atom. The van der Waals surface area contributed by atoms with Crippen LogP contribution in [-0.4, -0.2) is 130 Å². The van der Waals surface area contributed by atoms with E-state index < -0.39 is 77.6 Å². The van der Waals surface area contributed by atoms with E-state index in [-0.39, 0.29) is 37.6 Å². The fourth-order valence-corrected chi connectivity index (χ4v) is 8.88. The van der Waals surface area contributed by atoms with Gasteiger partial charge in [0.1, 0.15) is 30.3 Å². The van der Waals surface area contributed by atoms with Gasteiger partial charge in [-0.05, 0) is 71.7 Å². The van der Waals surface area contributed by atoms with E-state index in [0.717, 1.165) is 11.1 Å². The van der Waals surface area contributed by atoms with Crippen molar-refractivity contribution in [2.45, 2.75) is 127 Å². The molecular weight excluding hydrogens is 670 g/mol. The van der Waals surface area contributed by atoms with Crippen molar-refractivity contribution in [3.05, 3.63) is 35.4 Å². The number of carbonyl (C=O) groups excluding carboxylic acids is 3. The fourth-order valence-electron chi connectivity index (χ4n) is 8.88. The number of amides is 1. The molecule has 5 aliphatic heterocycles. The Kier molecular flexibility index (Phi) is 10.9. The van der Waals surface area contributed by atoms with E-state index in [1.807, 2.05) is 45.2 Å². The highest BCUT2D eigenvalue weighted by molar-refractivity contribution is 6.00. The molecular formula is C39H53N3O10. The minimum Gasteiger partial charge on any atom is -0.457 e. The molecule has 0 saturated carbocycles. The van der Waals surface area contributed by atoms with Crippen molar-refractivity contribution in [2.75, 3.05) is 26.7 Å². The van der Waals surface area contributed by atoms with Gasteiger partial charge in [-0.15, -0.1) is 6.42 Å². The number of benzene rings is 1. The van der Waals surface area contributed by atoms with Gasteiger partial charge in [-0.3, -0.25) is 24.4 Å². The smallest absolute Gasteiger partial charge is 0.411 e. The zero-order valence-corrected chi connectivity index (χ0v) is 31.2. The van der Waals surface area contributed by atoms with Gasteiger partial charge in [-0.2, -0.15) is 0 Å². The SMILES string of the molecule is C#Cc1ccc(CN(C)C2CC(C)OC(OC3C(C)C(=O)C(C)C(=O)OC(CC)C4(C)OC(=O)N5CCN=C(C6COC3(C)C6)C5C4O)C2O)cc1. The number of likely N-dealkylation sites (N-methyl/N-ethyl adjacent to an activating group) is 1. The summed E-state index contributed by atoms with van der Waals surface area (Å²) in [7, 11) is 1.93. The Morgan fingerprint density at radius 2 is 1.85 bits per heavy atom. The largest absolute Gasteiger partial charge is 0.457 e. The molecule has 1 amide bonds. The van der Waals surface area contributed by atoms with Crippen LogP contribution in [0, 0.1) is 30.1 Å². The molecule has 13 nitrogen and oxygen atoms in total. The zero-order valence-electron chi connectivity index (χ0n) is 31.2. The molecule has 4 bridgehead atoms. The van der Waals surface area contributed by atoms with Crippen LogP contribution in [0.4, 0.5) is 4.79 Å². The third-order valence-electron chi connectivity index (χ3n) is 12.0. The van der Waals surface area contributed by atoms with Crippen molar-refractivity contribution in [3.63, 3.8) is 0 Å². The van der Waals surface area contributed by atoms with Crippen molar-refractivity contribution in [2.24, 2.45) is 22.7 Å². The topological polar surface area (TPSA) is 157 Å². The summed E-state index contributed by atoms with van der Waals surface area (Å²) in [6, 6.07) is 6.52. The predicted octanol–water partition coefficient (Wildman–Crippen LogP) is 2.72. The second kappa shape index (κ2) is 14.8. The highest BCUT2D eigenvalue weighted by Crippen LogP contribution is 2.44. The maximum Gasteiger partial charge on any atom is 0.411 e. The maximum absolute atomic E-state index is 14.2. The summed E-state index contributed by atoms with van der Waals surface area (Å²) >= 11 is 0. The predicted molar refractivity (Wildman–Crippen MR) is 189 cm³/mol. The number of hydrogen-bond donors (Lipinski definition) is 2. The van der Waals surface area contributed by atoms with Gasteiger partial charge < -0.3 is 33.9 Å². The van der Waals surface area contributed by atoms with Crippen LogP contribution >= 0.6 is 0 Å². The Balaban J connectivity index is 1.32. The van der Waals surface area contributed by atoms with Gasteiger partial charge in [0.05, 0.1) is 31.0 Å². The summed E-state index contributed by atoms with van der Waals surface area (Å²) in [5.41, 5.74) is -0.298. The zero-order chi connectivity index (χ0) is 37.7. The number of aliphatic imine (C=N–C) groups is 1. The summed E-state index contributed by atoms with van der Waals surface area (Å²) in [6.07, 6.45) is 0.205. The summed E-state index contributed by atoms with van der Waals surface area (Å²) in [5, 5.41) is 23.8. The van der Waals surface area contributed by atoms with Crippen molar-refractivity contribution < 1.29 is 48.3 Å². The molecule has 5 heterocycles. The number of esters is 1. The minimum atomic E-state index is -1.59. The van der Waals surface area contributed by atoms with Crippen LogP contribution in [0.15, 0.2) is 29.3 Å². The average molecular weight is 724 g/mol. The van der Waals surface area contributed by atoms with Gasteiger partial charge in [-0.25, -0.2) is 4.79 Å². The van der Waals surface area contributed by atoms with Gasteiger partial charge in [0.25, 0.3) is 0 Å². The number of carbonyl (C=O) groups is 3. The van der Waals surface area contributed by atoms with Crippen LogP contribution in [0.25, 0.3) is 0 Å². The van der Waals surface area contributed by atoms with Crippen molar-refractivity contribution in [3.8, 4) is 12.3 Å². The molecule has 13 unspecified atom stereocenters. The quantitative estimate of drug-likeness (QED) is 0.253. The molecule has 4 fully saturated rings. The molecule has 6 rings (SSSR count). The number of ether oxygens (including phenoxy) is 5. The molecule has 0 radical (unpaired) electrons. The average Bonchev–Trinajstić information content (AvgIpc) is 3.53. The first kappa shape index (κ1) is 38.3. The highest BCUT2D eigenvalue weighted by atomic mass is 16.7. The number of terminal acetylenes is 1. The molecule has 0 aromatic heterocycles. The number of hydrogen-bond acceptors (Lipinski definition) is 12. The third kappa shape index (κ3) is 6.90. The van der Waals surface area contributed by atoms with Gasteiger partial charge in [-0.1, -0.05) is 31.9 Å². The molecule has 2 N–H and O–H groups in total. The number of ketones is 1. The first-order chi connectivity index (χ1) is 24.6. The molecule has 0 spiro atoms. The number of cyclic esters (lactones) is 1. The second-order valence-electron chi connectivity index (χ2n) is 15.6. The minimum absolute atomic E-state index is 0.190. The molecule has 5 aliphatic rings. The van der Waals surface area contributed by atoms with E-state index in [9.17, 15) is 24.6 Å². The third-order valence-corrected chi connectivity index (χ3v) is 12.0. The van der Waals surface area contributed by atoms with E-state index in [0.29, 0.717) is 31.6 Å². The second-order valence-corrected chi connectivity index (χ2v) is 15.6. The Hall–Kier alpha value is -3.38. The number of nitrogens with zero attached hydrogens (tertiary/aromatic N) is 3. The molecule has 4 saturated heterocycles. The van der Waals surface area contributed by atoms with Gasteiger partial charge in [0.15, 0.2) is 17.7 Å². The summed E-state index contributed by atoms with van der Waals surface area (Å²) in [5.74, 6) is -1.07. The van der Waals surface area contributed by atoms with E-state index in [4.69, 9.17) is 35.1 Å². The normalized spacial score (nSPS) is 41.1. The van der Waals surface area contributed by atoms with Crippen LogP contribution in [-0.2, 0) is 39.8 Å². The molecule has 13 atom stereocenters. The van der Waals surface area contributed by atoms with Gasteiger partial charge in [0.2, 0.25) is 0 Å². The summed E-state index contributed by atoms with van der Waals surface area (Å²) < 4.78 is 31.3. The van der Waals surface area contributed by atoms with E-state index >= 15 is 0 Å². The number of fused-ring (bicyclic) bond motifs is 4. The maximum atomic E-state index is 14.2. The Bertz CT molecular complexity index is 1590. The summed E-state index contributed by atoms with van der Waals surface area (Å²) in [6.45, 7) is 11.6. The number of aliphatic hydroxyl groups excluding tert-OH is 2. The van der Waals surface area contributed by atoms with E-state index in [2.05, 4.69) is 10.8 Å². The lowest BCUT2D eigenvalue weighted by Gasteiger charge is -2.52. The molecule has 1 aromatic carbocycles. The number of Topliss-reactive ketones (excluding diaryl/α,β-unsaturated/α-hetero) is 1. The van der Waals surface area contributed by atoms with E-state index in [1.165, 1.54) is 11.8 Å². The van der Waals surface area contributed by atoms with Gasteiger partial charge in [0, 0.05) is 42.2 Å². The summed E-state index contributed by atoms with van der Waals surface area (Å²) in [4.78, 5) is 49.7. The van der Waals surface area contributed by atoms with Crippen LogP contribution in [0.1, 0.15) is 71.9 Å². The van der Waals surface area contributed by atoms with Crippen LogP contribution in [0.3, 0.4) is 0 Å². The Labute approximate surface area is 306 Å². The van der Waals surface area contributed by atoms with Crippen LogP contribution in [0.2, 0.25) is 0 Å². The molecule has 13 heteroatoms. The van der Waals surface area contributed by atoms with Crippen LogP contribution < -0.4 is 0 Å². The number of aliphatic hydroxyl groups is 2. The molecule has 52 heavy (non-hydrogen) atoms. The molecule has 284 valence electrons. The number of rotatable bonds is 6. The first-order valence-corrected chi connectivity index (χ1v) is 18.5. The van der Waals surface area contributed by atoms with Crippen molar-refractivity contribution in [1.82, 2.24) is 9.80 Å². The monoisotopic (exact) mass is 723 g/mol. The lowest BCUT2D eigenvalue weighted by atomic mass is 9.75. The van der Waals surface area contributed by atoms with Crippen molar-refractivity contribution in [1.29, 1.82) is 0 Å². The van der Waals surface area contributed by atoms with Crippen molar-refractivity contribution >= 4 is 23.6 Å². The first-order valence-electron chi connectivity index (χ1n) is 18.5. The lowest BCUT2D eigenvalue weighted by molar-refractivity contribution is -0.293.